The van der Waals surface area contributed by atoms with Gasteiger partial charge in [-0.2, -0.15) is 5.10 Å². The summed E-state index contributed by atoms with van der Waals surface area (Å²) >= 11 is 0. The van der Waals surface area contributed by atoms with Crippen LogP contribution in [0.3, 0.4) is 0 Å². The Kier molecular flexibility index (Phi) is 3.82. The number of para-hydroxylation sites is 1. The SMILES string of the molecule is c1ccc2c(c1)C[C@@H](NCc1ccc(-n3cccn3)cc1)CO2. The summed E-state index contributed by atoms with van der Waals surface area (Å²) in [6.07, 6.45) is 4.75. The van der Waals surface area contributed by atoms with Gasteiger partial charge in [-0.1, -0.05) is 30.3 Å². The van der Waals surface area contributed by atoms with Crippen molar-refractivity contribution in [2.75, 3.05) is 6.61 Å². The minimum Gasteiger partial charge on any atom is -0.492 e. The maximum Gasteiger partial charge on any atom is 0.122 e. The van der Waals surface area contributed by atoms with Gasteiger partial charge in [0.15, 0.2) is 0 Å². The lowest BCUT2D eigenvalue weighted by molar-refractivity contribution is 0.238. The van der Waals surface area contributed by atoms with Gasteiger partial charge in [0.2, 0.25) is 0 Å². The highest BCUT2D eigenvalue weighted by Gasteiger charge is 2.18. The number of benzene rings is 2. The number of fused-ring (bicyclic) bond motifs is 1. The van der Waals surface area contributed by atoms with E-state index >= 15 is 0 Å². The highest BCUT2D eigenvalue weighted by Crippen LogP contribution is 2.24. The summed E-state index contributed by atoms with van der Waals surface area (Å²) in [5.74, 6) is 1.02. The Labute approximate surface area is 135 Å². The molecular formula is C19H19N3O. The predicted octanol–water partition coefficient (Wildman–Crippen LogP) is 2.97. The third-order valence-corrected chi connectivity index (χ3v) is 4.18. The van der Waals surface area contributed by atoms with Crippen molar-refractivity contribution in [3.8, 4) is 11.4 Å². The van der Waals surface area contributed by atoms with Gasteiger partial charge in [0.25, 0.3) is 0 Å². The molecular weight excluding hydrogens is 286 g/mol. The second-order valence-electron chi connectivity index (χ2n) is 5.82. The first-order chi connectivity index (χ1) is 11.4. The number of nitrogens with one attached hydrogen (secondary N) is 1. The highest BCUT2D eigenvalue weighted by atomic mass is 16.5. The Bertz CT molecular complexity index is 766. The van der Waals surface area contributed by atoms with Crippen LogP contribution in [0.15, 0.2) is 67.0 Å². The van der Waals surface area contributed by atoms with Crippen molar-refractivity contribution >= 4 is 0 Å². The molecule has 23 heavy (non-hydrogen) atoms. The minimum absolute atomic E-state index is 0.357. The van der Waals surface area contributed by atoms with E-state index in [0.29, 0.717) is 6.04 Å². The van der Waals surface area contributed by atoms with Crippen molar-refractivity contribution in [1.82, 2.24) is 15.1 Å². The van der Waals surface area contributed by atoms with Crippen molar-refractivity contribution in [3.63, 3.8) is 0 Å². The molecule has 4 heteroatoms. The van der Waals surface area contributed by atoms with Crippen LogP contribution < -0.4 is 10.1 Å². The van der Waals surface area contributed by atoms with Crippen molar-refractivity contribution in [2.24, 2.45) is 0 Å². The largest absolute Gasteiger partial charge is 0.492 e. The summed E-state index contributed by atoms with van der Waals surface area (Å²) in [6, 6.07) is 19.0. The topological polar surface area (TPSA) is 39.1 Å². The maximum absolute atomic E-state index is 5.82. The van der Waals surface area contributed by atoms with Crippen LogP contribution in [0, 0.1) is 0 Å². The second-order valence-corrected chi connectivity index (χ2v) is 5.82. The number of rotatable bonds is 4. The highest BCUT2D eigenvalue weighted by molar-refractivity contribution is 5.36. The summed E-state index contributed by atoms with van der Waals surface area (Å²) in [7, 11) is 0. The van der Waals surface area contributed by atoms with Gasteiger partial charge in [-0.05, 0) is 41.8 Å². The lowest BCUT2D eigenvalue weighted by Crippen LogP contribution is -2.38. The number of hydrogen-bond donors (Lipinski definition) is 1. The van der Waals surface area contributed by atoms with Gasteiger partial charge in [0.1, 0.15) is 12.4 Å². The quantitative estimate of drug-likeness (QED) is 0.805. The molecule has 0 aliphatic carbocycles. The molecule has 0 bridgehead atoms. The molecule has 2 heterocycles. The standard InChI is InChI=1S/C19H19N3O/c1-2-5-19-16(4-1)12-17(14-23-19)20-13-15-6-8-18(9-7-15)22-11-3-10-21-22/h1-11,17,20H,12-14H2/t17-/m1/s1. The van der Waals surface area contributed by atoms with Crippen molar-refractivity contribution < 1.29 is 4.74 Å². The van der Waals surface area contributed by atoms with Crippen molar-refractivity contribution in [2.45, 2.75) is 19.0 Å². The van der Waals surface area contributed by atoms with E-state index in [9.17, 15) is 0 Å². The van der Waals surface area contributed by atoms with Gasteiger partial charge in [-0.3, -0.25) is 0 Å². The molecule has 0 fully saturated rings. The first kappa shape index (κ1) is 14.0. The molecule has 0 saturated heterocycles. The van der Waals surface area contributed by atoms with Gasteiger partial charge >= 0.3 is 0 Å². The molecule has 4 nitrogen and oxygen atoms in total. The van der Waals surface area contributed by atoms with Gasteiger partial charge in [-0.25, -0.2) is 4.68 Å². The fraction of sp³-hybridized carbons (Fsp3) is 0.211. The number of nitrogens with zero attached hydrogens (tertiary/aromatic N) is 2. The molecule has 0 spiro atoms. The van der Waals surface area contributed by atoms with Crippen molar-refractivity contribution in [1.29, 1.82) is 0 Å². The molecule has 3 aromatic rings. The van der Waals surface area contributed by atoms with Gasteiger partial charge < -0.3 is 10.1 Å². The molecule has 4 rings (SSSR count). The zero-order valence-corrected chi connectivity index (χ0v) is 12.9. The van der Waals surface area contributed by atoms with Crippen molar-refractivity contribution in [3.05, 3.63) is 78.1 Å². The third kappa shape index (κ3) is 3.12. The van der Waals surface area contributed by atoms with Crippen LogP contribution in [0.2, 0.25) is 0 Å². The molecule has 1 N–H and O–H groups in total. The normalized spacial score (nSPS) is 16.6. The van der Waals surface area contributed by atoms with E-state index in [0.717, 1.165) is 31.0 Å². The molecule has 116 valence electrons. The Morgan fingerprint density at radius 3 is 2.78 bits per heavy atom. The average molecular weight is 305 g/mol. The Hall–Kier alpha value is -2.59. The van der Waals surface area contributed by atoms with Gasteiger partial charge in [-0.15, -0.1) is 0 Å². The molecule has 1 aliphatic heterocycles. The Balaban J connectivity index is 1.36. The summed E-state index contributed by atoms with van der Waals surface area (Å²) in [6.45, 7) is 1.57. The molecule has 1 atom stereocenters. The molecule has 2 aromatic carbocycles. The van der Waals surface area contributed by atoms with E-state index in [1.165, 1.54) is 11.1 Å². The fourth-order valence-electron chi connectivity index (χ4n) is 2.91. The Morgan fingerprint density at radius 1 is 1.09 bits per heavy atom. The smallest absolute Gasteiger partial charge is 0.122 e. The number of aromatic nitrogens is 2. The van der Waals surface area contributed by atoms with Crippen LogP contribution in [0.1, 0.15) is 11.1 Å². The summed E-state index contributed by atoms with van der Waals surface area (Å²) in [5.41, 5.74) is 3.62. The summed E-state index contributed by atoms with van der Waals surface area (Å²) in [4.78, 5) is 0. The monoisotopic (exact) mass is 305 g/mol. The van der Waals surface area contributed by atoms with E-state index in [2.05, 4.69) is 46.8 Å². The van der Waals surface area contributed by atoms with E-state index in [4.69, 9.17) is 4.74 Å². The van der Waals surface area contributed by atoms with E-state index in [1.807, 2.05) is 29.1 Å². The molecule has 1 aromatic heterocycles. The zero-order chi connectivity index (χ0) is 15.5. The number of ether oxygens (including phenoxy) is 1. The van der Waals surface area contributed by atoms with Crippen LogP contribution in [0.25, 0.3) is 5.69 Å². The first-order valence-electron chi connectivity index (χ1n) is 7.91. The number of hydrogen-bond acceptors (Lipinski definition) is 3. The predicted molar refractivity (Wildman–Crippen MR) is 89.8 cm³/mol. The van der Waals surface area contributed by atoms with E-state index < -0.39 is 0 Å². The molecule has 0 unspecified atom stereocenters. The summed E-state index contributed by atoms with van der Waals surface area (Å²) < 4.78 is 7.68. The zero-order valence-electron chi connectivity index (χ0n) is 12.9. The van der Waals surface area contributed by atoms with E-state index in [1.54, 1.807) is 6.20 Å². The molecule has 0 radical (unpaired) electrons. The molecule has 0 amide bonds. The molecule has 0 saturated carbocycles. The van der Waals surface area contributed by atoms with E-state index in [-0.39, 0.29) is 0 Å². The van der Waals surface area contributed by atoms with Gasteiger partial charge in [0.05, 0.1) is 5.69 Å². The van der Waals surface area contributed by atoms with Crippen LogP contribution in [0.5, 0.6) is 5.75 Å². The van der Waals surface area contributed by atoms with Crippen LogP contribution in [-0.4, -0.2) is 22.4 Å². The Morgan fingerprint density at radius 2 is 1.96 bits per heavy atom. The lowest BCUT2D eigenvalue weighted by Gasteiger charge is -2.26. The third-order valence-electron chi connectivity index (χ3n) is 4.18. The van der Waals surface area contributed by atoms with Crippen LogP contribution >= 0.6 is 0 Å². The molecule has 1 aliphatic rings. The lowest BCUT2D eigenvalue weighted by atomic mass is 10.0. The average Bonchev–Trinajstić information content (AvgIpc) is 3.15. The second kappa shape index (κ2) is 6.26. The summed E-state index contributed by atoms with van der Waals surface area (Å²) in [5, 5.41) is 7.83. The van der Waals surface area contributed by atoms with Crippen LogP contribution in [-0.2, 0) is 13.0 Å². The fourth-order valence-corrected chi connectivity index (χ4v) is 2.91. The van der Waals surface area contributed by atoms with Gasteiger partial charge in [0, 0.05) is 25.0 Å². The van der Waals surface area contributed by atoms with Crippen LogP contribution in [0.4, 0.5) is 0 Å². The maximum atomic E-state index is 5.82. The first-order valence-corrected chi connectivity index (χ1v) is 7.91. The minimum atomic E-state index is 0.357.